The smallest absolute Gasteiger partial charge is 0.126 e. The van der Waals surface area contributed by atoms with Crippen LogP contribution in [0.25, 0.3) is 0 Å². The lowest BCUT2D eigenvalue weighted by atomic mass is 9.89. The van der Waals surface area contributed by atoms with Gasteiger partial charge in [0.15, 0.2) is 0 Å². The quantitative estimate of drug-likeness (QED) is 0.844. The summed E-state index contributed by atoms with van der Waals surface area (Å²) in [6.45, 7) is 2.16. The SMILES string of the molecule is CC1C(N)CCC1Cc1cc(Cl)ccc1F. The lowest BCUT2D eigenvalue weighted by Gasteiger charge is -2.18. The topological polar surface area (TPSA) is 26.0 Å². The van der Waals surface area contributed by atoms with Crippen molar-refractivity contribution < 1.29 is 4.39 Å². The van der Waals surface area contributed by atoms with Crippen molar-refractivity contribution in [3.63, 3.8) is 0 Å². The Hall–Kier alpha value is -0.600. The molecule has 1 nitrogen and oxygen atoms in total. The third kappa shape index (κ3) is 2.38. The van der Waals surface area contributed by atoms with Gasteiger partial charge in [0.1, 0.15) is 5.82 Å². The van der Waals surface area contributed by atoms with E-state index in [1.54, 1.807) is 12.1 Å². The second kappa shape index (κ2) is 4.72. The summed E-state index contributed by atoms with van der Waals surface area (Å²) in [4.78, 5) is 0. The fraction of sp³-hybridized carbons (Fsp3) is 0.538. The highest BCUT2D eigenvalue weighted by atomic mass is 35.5. The number of nitrogens with two attached hydrogens (primary N) is 1. The lowest BCUT2D eigenvalue weighted by molar-refractivity contribution is 0.385. The molecule has 0 spiro atoms. The highest BCUT2D eigenvalue weighted by Crippen LogP contribution is 2.34. The van der Waals surface area contributed by atoms with E-state index in [1.807, 2.05) is 0 Å². The standard InChI is InChI=1S/C13H17ClFN/c1-8-9(2-5-13(8)16)6-10-7-11(14)3-4-12(10)15/h3-4,7-9,13H,2,5-6,16H2,1H3. The normalized spacial score (nSPS) is 29.6. The van der Waals surface area contributed by atoms with Crippen molar-refractivity contribution >= 4 is 11.6 Å². The minimum atomic E-state index is -0.155. The van der Waals surface area contributed by atoms with Gasteiger partial charge in [-0.2, -0.15) is 0 Å². The molecule has 1 aliphatic carbocycles. The molecule has 3 atom stereocenters. The van der Waals surface area contributed by atoms with Crippen molar-refractivity contribution in [1.29, 1.82) is 0 Å². The first-order chi connectivity index (χ1) is 7.58. The number of benzene rings is 1. The van der Waals surface area contributed by atoms with Gasteiger partial charge < -0.3 is 5.73 Å². The third-order valence-electron chi connectivity index (χ3n) is 3.78. The Bertz CT molecular complexity index is 380. The van der Waals surface area contributed by atoms with Crippen LogP contribution in [0.2, 0.25) is 5.02 Å². The number of halogens is 2. The molecule has 88 valence electrons. The predicted octanol–water partition coefficient (Wildman–Crippen LogP) is 3.40. The monoisotopic (exact) mass is 241 g/mol. The molecular formula is C13H17ClFN. The van der Waals surface area contributed by atoms with E-state index in [1.165, 1.54) is 6.07 Å². The second-order valence-corrected chi connectivity index (χ2v) is 5.24. The first kappa shape index (κ1) is 11.9. The van der Waals surface area contributed by atoms with E-state index >= 15 is 0 Å². The van der Waals surface area contributed by atoms with Crippen molar-refractivity contribution in [1.82, 2.24) is 0 Å². The van der Waals surface area contributed by atoms with Crippen molar-refractivity contribution in [3.8, 4) is 0 Å². The summed E-state index contributed by atoms with van der Waals surface area (Å²) in [7, 11) is 0. The summed E-state index contributed by atoms with van der Waals surface area (Å²) in [5.74, 6) is 0.804. The predicted molar refractivity (Wildman–Crippen MR) is 65.0 cm³/mol. The fourth-order valence-electron chi connectivity index (χ4n) is 2.55. The van der Waals surface area contributed by atoms with Crippen molar-refractivity contribution in [2.24, 2.45) is 17.6 Å². The van der Waals surface area contributed by atoms with Gasteiger partial charge in [0.25, 0.3) is 0 Å². The maximum atomic E-state index is 13.6. The van der Waals surface area contributed by atoms with Gasteiger partial charge in [-0.25, -0.2) is 4.39 Å². The first-order valence-corrected chi connectivity index (χ1v) is 6.15. The molecule has 1 aromatic rings. The summed E-state index contributed by atoms with van der Waals surface area (Å²) in [5.41, 5.74) is 6.69. The molecule has 1 aliphatic rings. The Balaban J connectivity index is 2.12. The van der Waals surface area contributed by atoms with E-state index in [2.05, 4.69) is 6.92 Å². The minimum Gasteiger partial charge on any atom is -0.327 e. The maximum absolute atomic E-state index is 13.6. The Kier molecular flexibility index (Phi) is 3.50. The van der Waals surface area contributed by atoms with E-state index < -0.39 is 0 Å². The molecular weight excluding hydrogens is 225 g/mol. The van der Waals surface area contributed by atoms with Crippen molar-refractivity contribution in [3.05, 3.63) is 34.6 Å². The molecule has 3 unspecified atom stereocenters. The molecule has 0 aliphatic heterocycles. The zero-order valence-electron chi connectivity index (χ0n) is 9.42. The van der Waals surface area contributed by atoms with E-state index in [0.717, 1.165) is 24.8 Å². The second-order valence-electron chi connectivity index (χ2n) is 4.80. The Morgan fingerprint density at radius 3 is 2.81 bits per heavy atom. The molecule has 0 radical (unpaired) electrons. The summed E-state index contributed by atoms with van der Waals surface area (Å²) in [6.07, 6.45) is 2.89. The number of hydrogen-bond donors (Lipinski definition) is 1. The fourth-order valence-corrected chi connectivity index (χ4v) is 2.75. The average molecular weight is 242 g/mol. The van der Waals surface area contributed by atoms with E-state index in [9.17, 15) is 4.39 Å². The maximum Gasteiger partial charge on any atom is 0.126 e. The van der Waals surface area contributed by atoms with Crippen LogP contribution in [0, 0.1) is 17.7 Å². The van der Waals surface area contributed by atoms with Gasteiger partial charge >= 0.3 is 0 Å². The van der Waals surface area contributed by atoms with E-state index in [4.69, 9.17) is 17.3 Å². The van der Waals surface area contributed by atoms with Gasteiger partial charge in [0.05, 0.1) is 0 Å². The van der Waals surface area contributed by atoms with Gasteiger partial charge in [0, 0.05) is 11.1 Å². The Morgan fingerprint density at radius 2 is 2.19 bits per heavy atom. The van der Waals surface area contributed by atoms with Gasteiger partial charge in [-0.05, 0) is 54.9 Å². The summed E-state index contributed by atoms with van der Waals surface area (Å²) in [6, 6.07) is 5.03. The van der Waals surface area contributed by atoms with Crippen LogP contribution in [0.5, 0.6) is 0 Å². The third-order valence-corrected chi connectivity index (χ3v) is 4.01. The molecule has 1 aromatic carbocycles. The van der Waals surface area contributed by atoms with Gasteiger partial charge in [-0.1, -0.05) is 18.5 Å². The van der Waals surface area contributed by atoms with Crippen LogP contribution in [-0.2, 0) is 6.42 Å². The summed E-state index contributed by atoms with van der Waals surface area (Å²) in [5, 5.41) is 0.603. The summed E-state index contributed by atoms with van der Waals surface area (Å²) < 4.78 is 13.6. The highest BCUT2D eigenvalue weighted by molar-refractivity contribution is 6.30. The van der Waals surface area contributed by atoms with Crippen LogP contribution in [-0.4, -0.2) is 6.04 Å². The molecule has 2 N–H and O–H groups in total. The number of rotatable bonds is 2. The van der Waals surface area contributed by atoms with Crippen LogP contribution in [0.3, 0.4) is 0 Å². The van der Waals surface area contributed by atoms with Crippen LogP contribution < -0.4 is 5.73 Å². The first-order valence-electron chi connectivity index (χ1n) is 5.77. The molecule has 3 heteroatoms. The molecule has 0 bridgehead atoms. The molecule has 0 amide bonds. The van der Waals surface area contributed by atoms with Crippen LogP contribution in [0.4, 0.5) is 4.39 Å². The molecule has 0 saturated heterocycles. The Labute approximate surface area is 101 Å². The van der Waals surface area contributed by atoms with Crippen LogP contribution in [0.15, 0.2) is 18.2 Å². The largest absolute Gasteiger partial charge is 0.327 e. The zero-order chi connectivity index (χ0) is 11.7. The minimum absolute atomic E-state index is 0.155. The van der Waals surface area contributed by atoms with Gasteiger partial charge in [0.2, 0.25) is 0 Å². The van der Waals surface area contributed by atoms with Crippen molar-refractivity contribution in [2.75, 3.05) is 0 Å². The van der Waals surface area contributed by atoms with Crippen LogP contribution in [0.1, 0.15) is 25.3 Å². The molecule has 0 heterocycles. The zero-order valence-corrected chi connectivity index (χ0v) is 10.2. The molecule has 2 rings (SSSR count). The van der Waals surface area contributed by atoms with Gasteiger partial charge in [-0.15, -0.1) is 0 Å². The molecule has 1 fully saturated rings. The molecule has 0 aromatic heterocycles. The Morgan fingerprint density at radius 1 is 1.44 bits per heavy atom. The summed E-state index contributed by atoms with van der Waals surface area (Å²) >= 11 is 5.88. The van der Waals surface area contributed by atoms with E-state index in [-0.39, 0.29) is 11.9 Å². The van der Waals surface area contributed by atoms with Crippen molar-refractivity contribution in [2.45, 2.75) is 32.2 Å². The molecule has 16 heavy (non-hydrogen) atoms. The van der Waals surface area contributed by atoms with Gasteiger partial charge in [-0.3, -0.25) is 0 Å². The molecule has 1 saturated carbocycles. The van der Waals surface area contributed by atoms with Crippen LogP contribution >= 0.6 is 11.6 Å². The average Bonchev–Trinajstić information content (AvgIpc) is 2.55. The number of hydrogen-bond acceptors (Lipinski definition) is 1. The lowest BCUT2D eigenvalue weighted by Crippen LogP contribution is -2.25. The highest BCUT2D eigenvalue weighted by Gasteiger charge is 2.30. The van der Waals surface area contributed by atoms with E-state index in [0.29, 0.717) is 16.9 Å².